The maximum atomic E-state index is 12.8. The minimum atomic E-state index is -1.01. The molecule has 0 fully saturated rings. The second-order valence-electron chi connectivity index (χ2n) is 8.61. The van der Waals surface area contributed by atoms with E-state index < -0.39 is 5.97 Å². The maximum absolute atomic E-state index is 12.8. The summed E-state index contributed by atoms with van der Waals surface area (Å²) in [6, 6.07) is 20.1. The predicted octanol–water partition coefficient (Wildman–Crippen LogP) is 7.29. The molecule has 0 saturated heterocycles. The molecule has 182 valence electrons. The van der Waals surface area contributed by atoms with Gasteiger partial charge in [0.05, 0.1) is 10.0 Å². The van der Waals surface area contributed by atoms with Gasteiger partial charge in [-0.05, 0) is 59.9 Å². The predicted molar refractivity (Wildman–Crippen MR) is 145 cm³/mol. The van der Waals surface area contributed by atoms with Crippen LogP contribution in [0.2, 0.25) is 10.0 Å². The number of rotatable bonds is 10. The zero-order valence-corrected chi connectivity index (χ0v) is 21.3. The summed E-state index contributed by atoms with van der Waals surface area (Å²) in [7, 11) is 1.79. The molecule has 0 spiro atoms. The molecule has 2 atom stereocenters. The standard InChI is InChI=1S/C29H29Cl2NO3/c1-20(32(2)28(33)9-5-6-10-29(34)35)24(18-22-13-16-26(30)27(31)19-22)15-12-21-11-14-23-7-3-4-8-25(23)17-21/h3-4,6-8,10-17,19-20,24H,5,9,18H2,1-2H3,(H,34,35)/b10-6+,15-12+/t20-,24+/m0/s1. The van der Waals surface area contributed by atoms with Crippen molar-refractivity contribution in [1.29, 1.82) is 0 Å². The number of aliphatic carboxylic acids is 1. The lowest BCUT2D eigenvalue weighted by Gasteiger charge is -2.31. The van der Waals surface area contributed by atoms with Gasteiger partial charge in [-0.2, -0.15) is 0 Å². The highest BCUT2D eigenvalue weighted by Crippen LogP contribution is 2.27. The molecule has 0 aliphatic rings. The molecule has 1 amide bonds. The van der Waals surface area contributed by atoms with Crippen LogP contribution in [0, 0.1) is 5.92 Å². The van der Waals surface area contributed by atoms with Crippen LogP contribution >= 0.6 is 23.2 Å². The van der Waals surface area contributed by atoms with Crippen LogP contribution in [0.5, 0.6) is 0 Å². The van der Waals surface area contributed by atoms with Crippen LogP contribution in [0.3, 0.4) is 0 Å². The van der Waals surface area contributed by atoms with Gasteiger partial charge in [0.15, 0.2) is 0 Å². The third-order valence-electron chi connectivity index (χ3n) is 6.17. The lowest BCUT2D eigenvalue weighted by atomic mass is 9.90. The molecule has 1 N–H and O–H groups in total. The fraction of sp³-hybridized carbons (Fsp3) is 0.241. The quantitative estimate of drug-likeness (QED) is 0.292. The van der Waals surface area contributed by atoms with Crippen LogP contribution in [-0.4, -0.2) is 35.0 Å². The number of hydrogen-bond acceptors (Lipinski definition) is 2. The molecule has 3 aromatic carbocycles. The number of allylic oxidation sites excluding steroid dienone is 1. The van der Waals surface area contributed by atoms with Gasteiger partial charge in [0, 0.05) is 31.5 Å². The monoisotopic (exact) mass is 509 g/mol. The van der Waals surface area contributed by atoms with Crippen molar-refractivity contribution >= 4 is 51.9 Å². The van der Waals surface area contributed by atoms with E-state index in [1.54, 1.807) is 18.0 Å². The Morgan fingerprint density at radius 2 is 1.74 bits per heavy atom. The lowest BCUT2D eigenvalue weighted by molar-refractivity contribution is -0.133. The van der Waals surface area contributed by atoms with Gasteiger partial charge in [-0.15, -0.1) is 0 Å². The number of amides is 1. The van der Waals surface area contributed by atoms with Gasteiger partial charge in [0.2, 0.25) is 5.91 Å². The van der Waals surface area contributed by atoms with Crippen LogP contribution in [0.4, 0.5) is 0 Å². The minimum absolute atomic E-state index is 0.0159. The molecule has 0 aromatic heterocycles. The van der Waals surface area contributed by atoms with Crippen molar-refractivity contribution < 1.29 is 14.7 Å². The Morgan fingerprint density at radius 3 is 2.46 bits per heavy atom. The van der Waals surface area contributed by atoms with Crippen molar-refractivity contribution in [2.75, 3.05) is 7.05 Å². The van der Waals surface area contributed by atoms with E-state index in [1.807, 2.05) is 31.2 Å². The third kappa shape index (κ3) is 7.71. The van der Waals surface area contributed by atoms with E-state index in [-0.39, 0.29) is 24.3 Å². The first-order valence-electron chi connectivity index (χ1n) is 11.5. The molecule has 0 radical (unpaired) electrons. The van der Waals surface area contributed by atoms with Gasteiger partial charge in [0.1, 0.15) is 0 Å². The molecule has 35 heavy (non-hydrogen) atoms. The van der Waals surface area contributed by atoms with Crippen molar-refractivity contribution in [3.8, 4) is 0 Å². The number of nitrogens with zero attached hydrogens (tertiary/aromatic N) is 1. The second kappa shape index (κ2) is 12.6. The van der Waals surface area contributed by atoms with Crippen molar-refractivity contribution in [2.24, 2.45) is 5.92 Å². The van der Waals surface area contributed by atoms with Crippen LogP contribution in [0.1, 0.15) is 30.9 Å². The van der Waals surface area contributed by atoms with Gasteiger partial charge in [-0.1, -0.05) is 83.9 Å². The molecule has 0 aliphatic heterocycles. The summed E-state index contributed by atoms with van der Waals surface area (Å²) >= 11 is 12.3. The fourth-order valence-electron chi connectivity index (χ4n) is 3.97. The first kappa shape index (κ1) is 26.5. The number of carbonyl (C=O) groups is 2. The topological polar surface area (TPSA) is 57.6 Å². The molecule has 0 aliphatic carbocycles. The van der Waals surface area contributed by atoms with Crippen LogP contribution < -0.4 is 0 Å². The number of halogens is 2. The summed E-state index contributed by atoms with van der Waals surface area (Å²) in [5.41, 5.74) is 2.12. The molecule has 0 unspecified atom stereocenters. The Balaban J connectivity index is 1.81. The van der Waals surface area contributed by atoms with Gasteiger partial charge in [0.25, 0.3) is 0 Å². The highest BCUT2D eigenvalue weighted by molar-refractivity contribution is 6.42. The number of carboxylic acid groups (broad SMARTS) is 1. The summed E-state index contributed by atoms with van der Waals surface area (Å²) in [5, 5.41) is 12.1. The Hall–Kier alpha value is -3.08. The highest BCUT2D eigenvalue weighted by atomic mass is 35.5. The number of carboxylic acids is 1. The summed E-state index contributed by atoms with van der Waals surface area (Å²) < 4.78 is 0. The Morgan fingerprint density at radius 1 is 1.00 bits per heavy atom. The molecular weight excluding hydrogens is 481 g/mol. The van der Waals surface area contributed by atoms with Crippen LogP contribution in [0.25, 0.3) is 16.8 Å². The van der Waals surface area contributed by atoms with E-state index in [2.05, 4.69) is 42.5 Å². The largest absolute Gasteiger partial charge is 0.478 e. The first-order chi connectivity index (χ1) is 16.7. The smallest absolute Gasteiger partial charge is 0.327 e. The zero-order chi connectivity index (χ0) is 25.4. The number of benzene rings is 3. The molecule has 3 rings (SSSR count). The molecule has 6 heteroatoms. The normalized spacial score (nSPS) is 13.4. The first-order valence-corrected chi connectivity index (χ1v) is 12.3. The number of fused-ring (bicyclic) bond motifs is 1. The van der Waals surface area contributed by atoms with Crippen molar-refractivity contribution in [2.45, 2.75) is 32.2 Å². The zero-order valence-electron chi connectivity index (χ0n) is 19.8. The van der Waals surface area contributed by atoms with E-state index in [0.29, 0.717) is 22.9 Å². The summed E-state index contributed by atoms with van der Waals surface area (Å²) in [6.07, 6.45) is 8.12. The van der Waals surface area contributed by atoms with Crippen LogP contribution in [0.15, 0.2) is 78.9 Å². The van der Waals surface area contributed by atoms with Crippen molar-refractivity contribution in [3.63, 3.8) is 0 Å². The van der Waals surface area contributed by atoms with Gasteiger partial charge >= 0.3 is 5.97 Å². The third-order valence-corrected chi connectivity index (χ3v) is 6.91. The molecular formula is C29H29Cl2NO3. The van der Waals surface area contributed by atoms with Gasteiger partial charge in [-0.25, -0.2) is 4.79 Å². The number of hydrogen-bond donors (Lipinski definition) is 1. The highest BCUT2D eigenvalue weighted by Gasteiger charge is 2.23. The Bertz CT molecular complexity index is 1250. The van der Waals surface area contributed by atoms with Crippen molar-refractivity contribution in [1.82, 2.24) is 4.90 Å². The summed E-state index contributed by atoms with van der Waals surface area (Å²) in [6.45, 7) is 2.03. The van der Waals surface area contributed by atoms with Gasteiger partial charge < -0.3 is 10.0 Å². The molecule has 0 saturated carbocycles. The van der Waals surface area contributed by atoms with Crippen LogP contribution in [-0.2, 0) is 16.0 Å². The molecule has 4 nitrogen and oxygen atoms in total. The summed E-state index contributed by atoms with van der Waals surface area (Å²) in [4.78, 5) is 25.2. The number of carbonyl (C=O) groups excluding carboxylic acids is 1. The molecule has 0 bridgehead atoms. The van der Waals surface area contributed by atoms with Crippen molar-refractivity contribution in [3.05, 3.63) is 100 Å². The second-order valence-corrected chi connectivity index (χ2v) is 9.42. The molecule has 3 aromatic rings. The summed E-state index contributed by atoms with van der Waals surface area (Å²) in [5.74, 6) is -1.03. The average molecular weight is 510 g/mol. The van der Waals surface area contributed by atoms with E-state index in [9.17, 15) is 9.59 Å². The van der Waals surface area contributed by atoms with Gasteiger partial charge in [-0.3, -0.25) is 4.79 Å². The maximum Gasteiger partial charge on any atom is 0.327 e. The molecule has 0 heterocycles. The average Bonchev–Trinajstić information content (AvgIpc) is 2.85. The minimum Gasteiger partial charge on any atom is -0.478 e. The van der Waals surface area contributed by atoms with E-state index >= 15 is 0 Å². The van der Waals surface area contributed by atoms with E-state index in [1.165, 1.54) is 16.8 Å². The van der Waals surface area contributed by atoms with E-state index in [0.717, 1.165) is 17.2 Å². The fourth-order valence-corrected chi connectivity index (χ4v) is 4.29. The van der Waals surface area contributed by atoms with E-state index in [4.69, 9.17) is 28.3 Å². The Kier molecular flexibility index (Phi) is 9.53. The SMILES string of the molecule is C[C@@H]([C@H](/C=C/c1ccc2ccccc2c1)Cc1ccc(Cl)c(Cl)c1)N(C)C(=O)CC/C=C/C(=O)O. The lowest BCUT2D eigenvalue weighted by Crippen LogP contribution is -2.40. The Labute approximate surface area is 216 Å².